The molecule has 0 aliphatic carbocycles. The first-order valence-corrected chi connectivity index (χ1v) is 7.27. The van der Waals surface area contributed by atoms with Crippen molar-refractivity contribution >= 4 is 34.8 Å². The first kappa shape index (κ1) is 17.2. The van der Waals surface area contributed by atoms with Gasteiger partial charge >= 0.3 is 0 Å². The van der Waals surface area contributed by atoms with Gasteiger partial charge in [-0.15, -0.1) is 0 Å². The molecule has 3 nitrogen and oxygen atoms in total. The predicted octanol–water partition coefficient (Wildman–Crippen LogP) is 4.22. The number of hydrogen-bond donors (Lipinski definition) is 2. The van der Waals surface area contributed by atoms with Gasteiger partial charge in [-0.3, -0.25) is 4.79 Å². The normalized spacial score (nSPS) is 13.9. The summed E-state index contributed by atoms with van der Waals surface area (Å²) in [5.74, 6) is -0.985. The van der Waals surface area contributed by atoms with Gasteiger partial charge in [0.05, 0.1) is 10.0 Å². The lowest BCUT2D eigenvalue weighted by molar-refractivity contribution is -0.119. The summed E-state index contributed by atoms with van der Waals surface area (Å²) < 4.78 is 13.3. The molecule has 1 rings (SSSR count). The maximum absolute atomic E-state index is 13.3. The number of benzene rings is 1. The zero-order valence-corrected chi connectivity index (χ0v) is 13.1. The highest BCUT2D eigenvalue weighted by Gasteiger charge is 2.15. The van der Waals surface area contributed by atoms with Crippen LogP contribution in [0.3, 0.4) is 0 Å². The molecule has 3 N–H and O–H groups in total. The van der Waals surface area contributed by atoms with Crippen LogP contribution in [0.25, 0.3) is 0 Å². The van der Waals surface area contributed by atoms with Crippen molar-refractivity contribution in [2.24, 2.45) is 11.7 Å². The molecule has 0 aliphatic heterocycles. The minimum absolute atomic E-state index is 0.114. The summed E-state index contributed by atoms with van der Waals surface area (Å²) >= 11 is 11.4. The highest BCUT2D eigenvalue weighted by atomic mass is 35.5. The van der Waals surface area contributed by atoms with Crippen LogP contribution in [0.4, 0.5) is 10.1 Å². The van der Waals surface area contributed by atoms with Crippen LogP contribution in [0.1, 0.15) is 33.1 Å². The van der Waals surface area contributed by atoms with Crippen molar-refractivity contribution in [1.82, 2.24) is 0 Å². The molecule has 1 amide bonds. The maximum atomic E-state index is 13.3. The van der Waals surface area contributed by atoms with Gasteiger partial charge in [0.1, 0.15) is 0 Å². The van der Waals surface area contributed by atoms with E-state index >= 15 is 0 Å². The van der Waals surface area contributed by atoms with Crippen LogP contribution >= 0.6 is 23.2 Å². The van der Waals surface area contributed by atoms with E-state index in [9.17, 15) is 9.18 Å². The van der Waals surface area contributed by atoms with Gasteiger partial charge in [0, 0.05) is 17.6 Å². The lowest BCUT2D eigenvalue weighted by atomic mass is 10.0. The van der Waals surface area contributed by atoms with Gasteiger partial charge in [0.2, 0.25) is 5.91 Å². The number of nitrogens with one attached hydrogen (secondary N) is 1. The summed E-state index contributed by atoms with van der Waals surface area (Å²) in [5.41, 5.74) is 6.05. The average molecular weight is 321 g/mol. The van der Waals surface area contributed by atoms with E-state index in [1.54, 1.807) is 0 Å². The van der Waals surface area contributed by atoms with Crippen LogP contribution in [-0.4, -0.2) is 11.9 Å². The van der Waals surface area contributed by atoms with Crippen LogP contribution in [-0.2, 0) is 4.79 Å². The van der Waals surface area contributed by atoms with Gasteiger partial charge in [-0.1, -0.05) is 36.5 Å². The van der Waals surface area contributed by atoms with Crippen LogP contribution in [0.2, 0.25) is 10.0 Å². The summed E-state index contributed by atoms with van der Waals surface area (Å²) in [5, 5.41) is 2.46. The van der Waals surface area contributed by atoms with Gasteiger partial charge < -0.3 is 11.1 Å². The lowest BCUT2D eigenvalue weighted by Crippen LogP contribution is -2.21. The minimum atomic E-state index is -0.684. The topological polar surface area (TPSA) is 55.1 Å². The Balaban J connectivity index is 2.57. The second-order valence-electron chi connectivity index (χ2n) is 5.05. The fraction of sp³-hybridized carbons (Fsp3) is 0.500. The molecule has 0 bridgehead atoms. The molecule has 2 unspecified atom stereocenters. The van der Waals surface area contributed by atoms with Crippen molar-refractivity contribution in [2.75, 3.05) is 5.32 Å². The Morgan fingerprint density at radius 2 is 1.85 bits per heavy atom. The van der Waals surface area contributed by atoms with E-state index in [1.165, 1.54) is 12.1 Å². The van der Waals surface area contributed by atoms with Gasteiger partial charge in [-0.2, -0.15) is 0 Å². The molecule has 2 atom stereocenters. The summed E-state index contributed by atoms with van der Waals surface area (Å²) in [7, 11) is 0. The molecular weight excluding hydrogens is 302 g/mol. The standard InChI is InChI=1S/C14H19Cl2FN2O/c1-8(4-3-5-9(2)18)14(20)19-10-6-11(15)13(17)12(16)7-10/h6-9H,3-5,18H2,1-2H3,(H,19,20). The van der Waals surface area contributed by atoms with E-state index in [0.29, 0.717) is 5.69 Å². The van der Waals surface area contributed by atoms with Crippen molar-refractivity contribution in [2.45, 2.75) is 39.2 Å². The van der Waals surface area contributed by atoms with Crippen molar-refractivity contribution in [1.29, 1.82) is 0 Å². The van der Waals surface area contributed by atoms with E-state index in [4.69, 9.17) is 28.9 Å². The third-order valence-corrected chi connectivity index (χ3v) is 3.55. The zero-order chi connectivity index (χ0) is 15.3. The number of anilines is 1. The van der Waals surface area contributed by atoms with E-state index in [-0.39, 0.29) is 27.9 Å². The molecule has 0 aliphatic rings. The molecule has 1 aromatic rings. The number of carbonyl (C=O) groups is 1. The van der Waals surface area contributed by atoms with E-state index < -0.39 is 5.82 Å². The van der Waals surface area contributed by atoms with Crippen LogP contribution in [0, 0.1) is 11.7 Å². The van der Waals surface area contributed by atoms with Gasteiger partial charge in [-0.25, -0.2) is 4.39 Å². The maximum Gasteiger partial charge on any atom is 0.227 e. The summed E-state index contributed by atoms with van der Waals surface area (Å²) in [4.78, 5) is 12.0. The number of amides is 1. The number of hydrogen-bond acceptors (Lipinski definition) is 2. The molecule has 1 aromatic carbocycles. The van der Waals surface area contributed by atoms with Crippen molar-refractivity contribution in [3.63, 3.8) is 0 Å². The van der Waals surface area contributed by atoms with Gasteiger partial charge in [0.15, 0.2) is 5.82 Å². The second-order valence-corrected chi connectivity index (χ2v) is 5.87. The molecule has 20 heavy (non-hydrogen) atoms. The fourth-order valence-corrected chi connectivity index (χ4v) is 2.26. The Kier molecular flexibility index (Phi) is 6.72. The Morgan fingerprint density at radius 1 is 1.30 bits per heavy atom. The lowest BCUT2D eigenvalue weighted by Gasteiger charge is -2.13. The Hall–Kier alpha value is -0.840. The molecule has 0 fully saturated rings. The average Bonchev–Trinajstić information content (AvgIpc) is 2.35. The largest absolute Gasteiger partial charge is 0.328 e. The second kappa shape index (κ2) is 7.81. The predicted molar refractivity (Wildman–Crippen MR) is 81.7 cm³/mol. The highest BCUT2D eigenvalue weighted by molar-refractivity contribution is 6.35. The molecular formula is C14H19Cl2FN2O. The van der Waals surface area contributed by atoms with Gasteiger partial charge in [-0.05, 0) is 31.9 Å². The van der Waals surface area contributed by atoms with Crippen LogP contribution in [0.15, 0.2) is 12.1 Å². The number of rotatable bonds is 6. The highest BCUT2D eigenvalue weighted by Crippen LogP contribution is 2.27. The zero-order valence-electron chi connectivity index (χ0n) is 11.6. The Labute approximate surface area is 128 Å². The Morgan fingerprint density at radius 3 is 2.35 bits per heavy atom. The molecule has 0 spiro atoms. The number of nitrogens with two attached hydrogens (primary N) is 1. The molecule has 6 heteroatoms. The SMILES string of the molecule is CC(N)CCCC(C)C(=O)Nc1cc(Cl)c(F)c(Cl)c1. The quantitative estimate of drug-likeness (QED) is 0.771. The first-order chi connectivity index (χ1) is 9.31. The van der Waals surface area contributed by atoms with Crippen LogP contribution < -0.4 is 11.1 Å². The Bertz CT molecular complexity index is 457. The third-order valence-electron chi connectivity index (χ3n) is 3.00. The summed E-state index contributed by atoms with van der Waals surface area (Å²) in [6, 6.07) is 2.82. The van der Waals surface area contributed by atoms with Crippen molar-refractivity contribution in [3.8, 4) is 0 Å². The van der Waals surface area contributed by atoms with E-state index in [2.05, 4.69) is 5.32 Å². The molecule has 0 radical (unpaired) electrons. The van der Waals surface area contributed by atoms with Crippen molar-refractivity contribution in [3.05, 3.63) is 28.0 Å². The number of halogens is 3. The summed E-state index contributed by atoms with van der Waals surface area (Å²) in [6.45, 7) is 3.77. The smallest absolute Gasteiger partial charge is 0.227 e. The molecule has 0 aromatic heterocycles. The monoisotopic (exact) mass is 320 g/mol. The van der Waals surface area contributed by atoms with Crippen molar-refractivity contribution < 1.29 is 9.18 Å². The van der Waals surface area contributed by atoms with E-state index in [1.807, 2.05) is 13.8 Å². The summed E-state index contributed by atoms with van der Waals surface area (Å²) in [6.07, 6.45) is 2.51. The first-order valence-electron chi connectivity index (χ1n) is 6.52. The molecule has 0 saturated carbocycles. The van der Waals surface area contributed by atoms with Crippen LogP contribution in [0.5, 0.6) is 0 Å². The number of carbonyl (C=O) groups excluding carboxylic acids is 1. The van der Waals surface area contributed by atoms with E-state index in [0.717, 1.165) is 19.3 Å². The minimum Gasteiger partial charge on any atom is -0.328 e. The molecule has 0 heterocycles. The molecule has 112 valence electrons. The third kappa shape index (κ3) is 5.27. The molecule has 0 saturated heterocycles. The van der Waals surface area contributed by atoms with Gasteiger partial charge in [0.25, 0.3) is 0 Å². The fourth-order valence-electron chi connectivity index (χ4n) is 1.77.